The van der Waals surface area contributed by atoms with Gasteiger partial charge in [-0.25, -0.2) is 0 Å². The molecule has 1 fully saturated rings. The molecule has 0 saturated heterocycles. The molecule has 0 radical (unpaired) electrons. The van der Waals surface area contributed by atoms with Crippen molar-refractivity contribution in [1.82, 2.24) is 10.1 Å². The average Bonchev–Trinajstić information content (AvgIpc) is 3.09. The Bertz CT molecular complexity index is 471. The van der Waals surface area contributed by atoms with Gasteiger partial charge in [0.25, 0.3) is 5.91 Å². The van der Waals surface area contributed by atoms with Crippen LogP contribution in [0.4, 0.5) is 0 Å². The molecule has 1 aliphatic carbocycles. The second-order valence-electron chi connectivity index (χ2n) is 5.04. The lowest BCUT2D eigenvalue weighted by Crippen LogP contribution is -2.35. The Morgan fingerprint density at radius 1 is 1.42 bits per heavy atom. The molecule has 1 amide bonds. The van der Waals surface area contributed by atoms with Crippen LogP contribution >= 0.6 is 0 Å². The van der Waals surface area contributed by atoms with E-state index >= 15 is 0 Å². The average molecular weight is 266 g/mol. The van der Waals surface area contributed by atoms with Crippen molar-refractivity contribution in [2.45, 2.75) is 33.1 Å². The van der Waals surface area contributed by atoms with E-state index in [0.29, 0.717) is 29.5 Å². The summed E-state index contributed by atoms with van der Waals surface area (Å²) in [6.45, 7) is 4.26. The zero-order valence-electron chi connectivity index (χ0n) is 11.2. The van der Waals surface area contributed by atoms with Crippen LogP contribution in [0, 0.1) is 19.8 Å². The topological polar surface area (TPSA) is 83.6 Å². The lowest BCUT2D eigenvalue weighted by atomic mass is 10.1. The summed E-state index contributed by atoms with van der Waals surface area (Å²) in [6, 6.07) is 0. The molecule has 0 bridgehead atoms. The molecule has 0 spiro atoms. The van der Waals surface area contributed by atoms with E-state index in [9.17, 15) is 9.59 Å². The largest absolute Gasteiger partial charge is 0.481 e. The van der Waals surface area contributed by atoms with Gasteiger partial charge in [0.15, 0.2) is 0 Å². The summed E-state index contributed by atoms with van der Waals surface area (Å²) >= 11 is 0. The third-order valence-corrected chi connectivity index (χ3v) is 3.31. The van der Waals surface area contributed by atoms with E-state index in [1.54, 1.807) is 18.7 Å². The summed E-state index contributed by atoms with van der Waals surface area (Å²) in [4.78, 5) is 24.7. The van der Waals surface area contributed by atoms with Crippen molar-refractivity contribution >= 4 is 11.9 Å². The number of amides is 1. The number of hydrogen-bond donors (Lipinski definition) is 1. The lowest BCUT2D eigenvalue weighted by molar-refractivity contribution is -0.137. The number of aliphatic carboxylic acids is 1. The monoisotopic (exact) mass is 266 g/mol. The van der Waals surface area contributed by atoms with Gasteiger partial charge in [0.2, 0.25) is 0 Å². The molecule has 104 valence electrons. The molecule has 0 atom stereocenters. The first-order chi connectivity index (χ1) is 8.99. The summed E-state index contributed by atoms with van der Waals surface area (Å²) in [5.41, 5.74) is 1.02. The highest BCUT2D eigenvalue weighted by Gasteiger charge is 2.30. The smallest absolute Gasteiger partial charge is 0.305 e. The third-order valence-electron chi connectivity index (χ3n) is 3.31. The summed E-state index contributed by atoms with van der Waals surface area (Å²) < 4.78 is 5.00. The van der Waals surface area contributed by atoms with E-state index < -0.39 is 5.97 Å². The minimum Gasteiger partial charge on any atom is -0.481 e. The molecule has 1 aromatic rings. The van der Waals surface area contributed by atoms with Crippen LogP contribution in [0.25, 0.3) is 0 Å². The highest BCUT2D eigenvalue weighted by Crippen LogP contribution is 2.30. The molecular weight excluding hydrogens is 248 g/mol. The van der Waals surface area contributed by atoms with Gasteiger partial charge in [0.05, 0.1) is 12.1 Å². The molecule has 2 rings (SSSR count). The number of carboxylic acid groups (broad SMARTS) is 1. The van der Waals surface area contributed by atoms with Crippen LogP contribution in [0.2, 0.25) is 0 Å². The van der Waals surface area contributed by atoms with E-state index in [2.05, 4.69) is 5.16 Å². The molecule has 0 aromatic carbocycles. The number of aryl methyl sites for hydroxylation is 2. The van der Waals surface area contributed by atoms with Crippen molar-refractivity contribution < 1.29 is 19.2 Å². The van der Waals surface area contributed by atoms with E-state index in [4.69, 9.17) is 9.63 Å². The fourth-order valence-electron chi connectivity index (χ4n) is 2.06. The summed E-state index contributed by atoms with van der Waals surface area (Å²) in [7, 11) is 0. The number of nitrogens with zero attached hydrogens (tertiary/aromatic N) is 2. The first-order valence-corrected chi connectivity index (χ1v) is 6.43. The minimum atomic E-state index is -0.896. The molecular formula is C13H18N2O4. The highest BCUT2D eigenvalue weighted by molar-refractivity contribution is 5.96. The van der Waals surface area contributed by atoms with Crippen LogP contribution in [-0.4, -0.2) is 40.1 Å². The van der Waals surface area contributed by atoms with Crippen LogP contribution in [-0.2, 0) is 4.79 Å². The third kappa shape index (κ3) is 3.33. The molecule has 1 aliphatic rings. The summed E-state index contributed by atoms with van der Waals surface area (Å²) in [5, 5.41) is 12.5. The Morgan fingerprint density at radius 2 is 2.11 bits per heavy atom. The van der Waals surface area contributed by atoms with Crippen LogP contribution in [0.1, 0.15) is 41.1 Å². The maximum absolute atomic E-state index is 12.5. The number of aromatic nitrogens is 1. The van der Waals surface area contributed by atoms with Gasteiger partial charge in [-0.15, -0.1) is 0 Å². The van der Waals surface area contributed by atoms with Gasteiger partial charge in [-0.1, -0.05) is 5.16 Å². The van der Waals surface area contributed by atoms with Gasteiger partial charge in [0, 0.05) is 13.1 Å². The molecule has 1 aromatic heterocycles. The number of carbonyl (C=O) groups excluding carboxylic acids is 1. The minimum absolute atomic E-state index is 0.0398. The Balaban J connectivity index is 2.11. The quantitative estimate of drug-likeness (QED) is 0.845. The van der Waals surface area contributed by atoms with Gasteiger partial charge in [0.1, 0.15) is 11.3 Å². The lowest BCUT2D eigenvalue weighted by Gasteiger charge is -2.21. The normalized spacial score (nSPS) is 14.4. The fraction of sp³-hybridized carbons (Fsp3) is 0.615. The Morgan fingerprint density at radius 3 is 2.58 bits per heavy atom. The van der Waals surface area contributed by atoms with Crippen molar-refractivity contribution in [1.29, 1.82) is 0 Å². The molecule has 1 heterocycles. The number of carbonyl (C=O) groups is 2. The zero-order chi connectivity index (χ0) is 14.0. The molecule has 0 unspecified atom stereocenters. The van der Waals surface area contributed by atoms with Crippen molar-refractivity contribution in [3.05, 3.63) is 17.0 Å². The standard InChI is InChI=1S/C13H18N2O4/c1-8-12(9(2)19-14-8)13(18)15(6-5-11(16)17)7-10-3-4-10/h10H,3-7H2,1-2H3,(H,16,17). The van der Waals surface area contributed by atoms with Crippen LogP contribution in [0.3, 0.4) is 0 Å². The van der Waals surface area contributed by atoms with Crippen molar-refractivity contribution in [3.63, 3.8) is 0 Å². The second-order valence-corrected chi connectivity index (χ2v) is 5.04. The fourth-order valence-corrected chi connectivity index (χ4v) is 2.06. The Labute approximate surface area is 111 Å². The maximum Gasteiger partial charge on any atom is 0.305 e. The van der Waals surface area contributed by atoms with Crippen molar-refractivity contribution in [2.75, 3.05) is 13.1 Å². The number of hydrogen-bond acceptors (Lipinski definition) is 4. The number of carboxylic acids is 1. The predicted octanol–water partition coefficient (Wildman–Crippen LogP) is 1.62. The molecule has 6 nitrogen and oxygen atoms in total. The van der Waals surface area contributed by atoms with Gasteiger partial charge >= 0.3 is 5.97 Å². The Kier molecular flexibility index (Phi) is 3.87. The molecule has 0 aliphatic heterocycles. The van der Waals surface area contributed by atoms with Crippen LogP contribution < -0.4 is 0 Å². The first kappa shape index (κ1) is 13.6. The van der Waals surface area contributed by atoms with Gasteiger partial charge in [-0.05, 0) is 32.6 Å². The van der Waals surface area contributed by atoms with E-state index in [0.717, 1.165) is 12.8 Å². The van der Waals surface area contributed by atoms with Crippen molar-refractivity contribution in [2.24, 2.45) is 5.92 Å². The van der Waals surface area contributed by atoms with E-state index in [-0.39, 0.29) is 18.9 Å². The SMILES string of the molecule is Cc1noc(C)c1C(=O)N(CCC(=O)O)CC1CC1. The van der Waals surface area contributed by atoms with Gasteiger partial charge in [-0.2, -0.15) is 0 Å². The molecule has 6 heteroatoms. The van der Waals surface area contributed by atoms with Crippen molar-refractivity contribution in [3.8, 4) is 0 Å². The van der Waals surface area contributed by atoms with Crippen LogP contribution in [0.15, 0.2) is 4.52 Å². The highest BCUT2D eigenvalue weighted by atomic mass is 16.5. The summed E-state index contributed by atoms with van der Waals surface area (Å²) in [5.74, 6) is -0.0754. The Hall–Kier alpha value is -1.85. The second kappa shape index (κ2) is 5.42. The molecule has 1 saturated carbocycles. The summed E-state index contributed by atoms with van der Waals surface area (Å²) in [6.07, 6.45) is 2.18. The van der Waals surface area contributed by atoms with Crippen LogP contribution in [0.5, 0.6) is 0 Å². The predicted molar refractivity (Wildman–Crippen MR) is 66.9 cm³/mol. The molecule has 19 heavy (non-hydrogen) atoms. The van der Waals surface area contributed by atoms with E-state index in [1.165, 1.54) is 0 Å². The van der Waals surface area contributed by atoms with E-state index in [1.807, 2.05) is 0 Å². The molecule has 1 N–H and O–H groups in total. The number of rotatable bonds is 6. The maximum atomic E-state index is 12.5. The first-order valence-electron chi connectivity index (χ1n) is 6.43. The van der Waals surface area contributed by atoms with Gasteiger partial charge in [-0.3, -0.25) is 9.59 Å². The zero-order valence-corrected chi connectivity index (χ0v) is 11.2. The van der Waals surface area contributed by atoms with Gasteiger partial charge < -0.3 is 14.5 Å².